The first kappa shape index (κ1) is 20.4. The molecule has 1 aliphatic rings. The van der Waals surface area contributed by atoms with Crippen molar-refractivity contribution in [2.75, 3.05) is 45.5 Å². The maximum absolute atomic E-state index is 13.2. The van der Waals surface area contributed by atoms with Crippen molar-refractivity contribution >= 4 is 32.6 Å². The lowest BCUT2D eigenvalue weighted by molar-refractivity contribution is -0.118. The van der Waals surface area contributed by atoms with Crippen LogP contribution in [0.15, 0.2) is 36.4 Å². The number of thiazole rings is 1. The zero-order valence-corrected chi connectivity index (χ0v) is 18.2. The molecule has 3 aromatic rings. The first-order valence-electron chi connectivity index (χ1n) is 9.90. The highest BCUT2D eigenvalue weighted by Gasteiger charge is 2.22. The highest BCUT2D eigenvalue weighted by atomic mass is 32.1. The van der Waals surface area contributed by atoms with E-state index in [1.54, 1.807) is 4.90 Å². The molecule has 2 aromatic carbocycles. The van der Waals surface area contributed by atoms with Crippen molar-refractivity contribution in [2.45, 2.75) is 13.3 Å². The Morgan fingerprint density at radius 1 is 1.13 bits per heavy atom. The number of ether oxygens (including phenoxy) is 3. The van der Waals surface area contributed by atoms with Crippen LogP contribution >= 0.6 is 11.3 Å². The molecule has 1 amide bonds. The number of hydrogen-bond donors (Lipinski definition) is 0. The van der Waals surface area contributed by atoms with E-state index in [1.807, 2.05) is 57.4 Å². The van der Waals surface area contributed by atoms with Crippen LogP contribution in [0.3, 0.4) is 0 Å². The average Bonchev–Trinajstić information content (AvgIpc) is 3.34. The van der Waals surface area contributed by atoms with Gasteiger partial charge in [0.05, 0.1) is 23.2 Å². The molecule has 0 saturated carbocycles. The SMILES string of the molecule is CCOc1ccc2nc(N(CCN(C)C)C(=O)Cc3ccc4c(c3)OCO4)sc2c1. The smallest absolute Gasteiger partial charge is 0.233 e. The van der Waals surface area contributed by atoms with Gasteiger partial charge in [-0.1, -0.05) is 17.4 Å². The maximum Gasteiger partial charge on any atom is 0.233 e. The van der Waals surface area contributed by atoms with Crippen molar-refractivity contribution in [2.24, 2.45) is 0 Å². The predicted molar refractivity (Wildman–Crippen MR) is 118 cm³/mol. The number of carbonyl (C=O) groups is 1. The summed E-state index contributed by atoms with van der Waals surface area (Å²) in [6.45, 7) is 4.10. The van der Waals surface area contributed by atoms with Gasteiger partial charge in [0, 0.05) is 13.1 Å². The van der Waals surface area contributed by atoms with Gasteiger partial charge in [0.15, 0.2) is 16.6 Å². The largest absolute Gasteiger partial charge is 0.494 e. The molecular weight excluding hydrogens is 402 g/mol. The summed E-state index contributed by atoms with van der Waals surface area (Å²) in [6, 6.07) is 11.5. The van der Waals surface area contributed by atoms with Crippen LogP contribution in [-0.2, 0) is 11.2 Å². The molecule has 0 saturated heterocycles. The quantitative estimate of drug-likeness (QED) is 0.548. The van der Waals surface area contributed by atoms with E-state index in [0.29, 0.717) is 29.8 Å². The van der Waals surface area contributed by atoms with Gasteiger partial charge in [-0.25, -0.2) is 4.98 Å². The molecule has 4 rings (SSSR count). The molecule has 1 aliphatic heterocycles. The zero-order valence-electron chi connectivity index (χ0n) is 17.4. The third kappa shape index (κ3) is 4.49. The molecule has 7 nitrogen and oxygen atoms in total. The molecule has 30 heavy (non-hydrogen) atoms. The molecule has 0 spiro atoms. The number of nitrogens with zero attached hydrogens (tertiary/aromatic N) is 3. The topological polar surface area (TPSA) is 64.1 Å². The average molecular weight is 428 g/mol. The Labute approximate surface area is 179 Å². The molecule has 0 radical (unpaired) electrons. The minimum atomic E-state index is -0.000182. The second-order valence-corrected chi connectivity index (χ2v) is 8.28. The maximum atomic E-state index is 13.2. The second kappa shape index (κ2) is 8.89. The van der Waals surface area contributed by atoms with Crippen molar-refractivity contribution in [3.05, 3.63) is 42.0 Å². The molecule has 0 bridgehead atoms. The Hall–Kier alpha value is -2.84. The Morgan fingerprint density at radius 3 is 2.77 bits per heavy atom. The van der Waals surface area contributed by atoms with E-state index in [4.69, 9.17) is 19.2 Å². The summed E-state index contributed by atoms with van der Waals surface area (Å²) in [4.78, 5) is 21.8. The van der Waals surface area contributed by atoms with Crippen LogP contribution in [0.5, 0.6) is 17.2 Å². The second-order valence-electron chi connectivity index (χ2n) is 7.27. The van der Waals surface area contributed by atoms with Crippen LogP contribution in [0, 0.1) is 0 Å². The first-order chi connectivity index (χ1) is 14.5. The van der Waals surface area contributed by atoms with E-state index in [0.717, 1.165) is 28.1 Å². The summed E-state index contributed by atoms with van der Waals surface area (Å²) in [5, 5.41) is 0.700. The predicted octanol–water partition coefficient (Wildman–Crippen LogP) is 3.56. The third-order valence-corrected chi connectivity index (χ3v) is 5.80. The van der Waals surface area contributed by atoms with Gasteiger partial charge in [0.25, 0.3) is 0 Å². The summed E-state index contributed by atoms with van der Waals surface area (Å²) in [7, 11) is 3.99. The zero-order chi connectivity index (χ0) is 21.1. The number of amides is 1. The monoisotopic (exact) mass is 427 g/mol. The standard InChI is InChI=1S/C22H25N3O4S/c1-4-27-16-6-7-17-20(13-16)30-22(23-17)25(10-9-24(2)3)21(26)12-15-5-8-18-19(11-15)29-14-28-18/h5-8,11,13H,4,9-10,12,14H2,1-3H3. The van der Waals surface area contributed by atoms with Crippen LogP contribution in [0.4, 0.5) is 5.13 Å². The number of fused-ring (bicyclic) bond motifs is 2. The molecule has 0 unspecified atom stereocenters. The Balaban J connectivity index is 1.58. The van der Waals surface area contributed by atoms with Crippen molar-refractivity contribution in [3.63, 3.8) is 0 Å². The van der Waals surface area contributed by atoms with Crippen LogP contribution in [0.1, 0.15) is 12.5 Å². The van der Waals surface area contributed by atoms with Gasteiger partial charge in [-0.05, 0) is 56.9 Å². The van der Waals surface area contributed by atoms with Gasteiger partial charge in [-0.15, -0.1) is 0 Å². The van der Waals surface area contributed by atoms with Crippen molar-refractivity contribution in [1.29, 1.82) is 0 Å². The number of likely N-dealkylation sites (N-methyl/N-ethyl adjacent to an activating group) is 1. The first-order valence-corrected chi connectivity index (χ1v) is 10.7. The Bertz CT molecular complexity index is 1050. The van der Waals surface area contributed by atoms with Crippen LogP contribution in [-0.4, -0.2) is 56.4 Å². The van der Waals surface area contributed by atoms with E-state index in [-0.39, 0.29) is 19.1 Å². The normalized spacial score (nSPS) is 12.5. The van der Waals surface area contributed by atoms with Crippen LogP contribution < -0.4 is 19.1 Å². The Kier molecular flexibility index (Phi) is 6.06. The van der Waals surface area contributed by atoms with Gasteiger partial charge in [-0.2, -0.15) is 0 Å². The van der Waals surface area contributed by atoms with Gasteiger partial charge in [-0.3, -0.25) is 9.69 Å². The molecule has 0 N–H and O–H groups in total. The molecule has 1 aromatic heterocycles. The molecule has 0 atom stereocenters. The fraction of sp³-hybridized carbons (Fsp3) is 0.364. The van der Waals surface area contributed by atoms with Crippen LogP contribution in [0.2, 0.25) is 0 Å². The minimum absolute atomic E-state index is 0.000182. The molecule has 2 heterocycles. The molecule has 158 valence electrons. The van der Waals surface area contributed by atoms with E-state index in [1.165, 1.54) is 11.3 Å². The van der Waals surface area contributed by atoms with Crippen molar-refractivity contribution in [1.82, 2.24) is 9.88 Å². The fourth-order valence-corrected chi connectivity index (χ4v) is 4.25. The van der Waals surface area contributed by atoms with E-state index >= 15 is 0 Å². The summed E-state index contributed by atoms with van der Waals surface area (Å²) < 4.78 is 17.4. The van der Waals surface area contributed by atoms with Gasteiger partial charge in [0.2, 0.25) is 12.7 Å². The van der Waals surface area contributed by atoms with Gasteiger partial charge < -0.3 is 19.1 Å². The lowest BCUT2D eigenvalue weighted by Gasteiger charge is -2.22. The fourth-order valence-electron chi connectivity index (χ4n) is 3.21. The lowest BCUT2D eigenvalue weighted by Crippen LogP contribution is -2.37. The minimum Gasteiger partial charge on any atom is -0.494 e. The molecular formula is C22H25N3O4S. The van der Waals surface area contributed by atoms with Crippen LogP contribution in [0.25, 0.3) is 10.2 Å². The highest BCUT2D eigenvalue weighted by molar-refractivity contribution is 7.22. The molecule has 0 fully saturated rings. The number of hydrogen-bond acceptors (Lipinski definition) is 7. The summed E-state index contributed by atoms with van der Waals surface area (Å²) >= 11 is 1.51. The summed E-state index contributed by atoms with van der Waals surface area (Å²) in [6.07, 6.45) is 0.268. The van der Waals surface area contributed by atoms with Gasteiger partial charge >= 0.3 is 0 Å². The van der Waals surface area contributed by atoms with E-state index in [9.17, 15) is 4.79 Å². The highest BCUT2D eigenvalue weighted by Crippen LogP contribution is 2.34. The van der Waals surface area contributed by atoms with Gasteiger partial charge in [0.1, 0.15) is 5.75 Å². The number of anilines is 1. The van der Waals surface area contributed by atoms with Crippen molar-refractivity contribution in [3.8, 4) is 17.2 Å². The molecule has 8 heteroatoms. The Morgan fingerprint density at radius 2 is 1.97 bits per heavy atom. The van der Waals surface area contributed by atoms with E-state index in [2.05, 4.69) is 4.90 Å². The van der Waals surface area contributed by atoms with E-state index < -0.39 is 0 Å². The summed E-state index contributed by atoms with van der Waals surface area (Å²) in [5.41, 5.74) is 1.75. The van der Waals surface area contributed by atoms with Crippen molar-refractivity contribution < 1.29 is 19.0 Å². The number of carbonyl (C=O) groups excluding carboxylic acids is 1. The number of rotatable bonds is 8. The summed E-state index contributed by atoms with van der Waals surface area (Å²) in [5.74, 6) is 2.21. The number of benzene rings is 2. The third-order valence-electron chi connectivity index (χ3n) is 4.75. The molecule has 0 aliphatic carbocycles. The number of aromatic nitrogens is 1. The lowest BCUT2D eigenvalue weighted by atomic mass is 10.1.